The van der Waals surface area contributed by atoms with E-state index in [1.807, 2.05) is 82.6 Å². The number of fused-ring (bicyclic) bond motifs is 1. The Kier molecular flexibility index (Phi) is 8.58. The van der Waals surface area contributed by atoms with Crippen LogP contribution < -0.4 is 4.90 Å². The normalized spacial score (nSPS) is 15.0. The SMILES string of the molecule is Cc1cc2nc(-c3ccnc(-c4cnc(N5CCN(C)CC5)nc4)c3)sc2c(-c2ccc(Cl)cc2)c1C(OC(C)(C)C)C(=O)O. The van der Waals surface area contributed by atoms with Gasteiger partial charge in [-0.25, -0.2) is 19.7 Å². The second kappa shape index (κ2) is 12.4. The zero-order valence-electron chi connectivity index (χ0n) is 25.9. The number of aryl methyl sites for hydroxylation is 1. The summed E-state index contributed by atoms with van der Waals surface area (Å²) in [6.45, 7) is 11.2. The Morgan fingerprint density at radius 3 is 2.31 bits per heavy atom. The molecule has 3 aromatic heterocycles. The van der Waals surface area contributed by atoms with Crippen molar-refractivity contribution in [2.45, 2.75) is 39.4 Å². The maximum atomic E-state index is 12.6. The smallest absolute Gasteiger partial charge is 0.337 e. The number of carbonyl (C=O) groups is 1. The third-order valence-corrected chi connectivity index (χ3v) is 9.14. The van der Waals surface area contributed by atoms with Gasteiger partial charge in [-0.05, 0) is 76.2 Å². The fourth-order valence-electron chi connectivity index (χ4n) is 5.51. The van der Waals surface area contributed by atoms with Gasteiger partial charge in [0.05, 0.1) is 21.5 Å². The van der Waals surface area contributed by atoms with Crippen LogP contribution in [0.1, 0.15) is 38.0 Å². The second-order valence-corrected chi connectivity index (χ2v) is 13.7. The highest BCUT2D eigenvalue weighted by molar-refractivity contribution is 7.22. The van der Waals surface area contributed by atoms with Gasteiger partial charge in [0.2, 0.25) is 5.95 Å². The van der Waals surface area contributed by atoms with Gasteiger partial charge in [0.15, 0.2) is 6.10 Å². The molecule has 1 fully saturated rings. The predicted octanol–water partition coefficient (Wildman–Crippen LogP) is 7.14. The first kappa shape index (κ1) is 31.0. The van der Waals surface area contributed by atoms with Crippen LogP contribution in [0.2, 0.25) is 5.02 Å². The van der Waals surface area contributed by atoms with Crippen LogP contribution in [0.4, 0.5) is 5.95 Å². The van der Waals surface area contributed by atoms with Crippen molar-refractivity contribution in [3.8, 4) is 33.0 Å². The van der Waals surface area contributed by atoms with Crippen LogP contribution in [0, 0.1) is 6.92 Å². The molecular weight excluding hydrogens is 608 g/mol. The average Bonchev–Trinajstić information content (AvgIpc) is 3.44. The van der Waals surface area contributed by atoms with E-state index in [9.17, 15) is 9.90 Å². The lowest BCUT2D eigenvalue weighted by Crippen LogP contribution is -2.45. The Balaban J connectivity index is 1.42. The molecular formula is C34H35ClN6O3S. The van der Waals surface area contributed by atoms with E-state index >= 15 is 0 Å². The number of nitrogens with zero attached hydrogens (tertiary/aromatic N) is 6. The van der Waals surface area contributed by atoms with Crippen LogP contribution in [0.5, 0.6) is 0 Å². The molecule has 0 aliphatic carbocycles. The number of pyridine rings is 1. The van der Waals surface area contributed by atoms with Crippen LogP contribution in [-0.2, 0) is 9.53 Å². The number of carboxylic acid groups (broad SMARTS) is 1. The number of piperazine rings is 1. The van der Waals surface area contributed by atoms with Gasteiger partial charge in [-0.1, -0.05) is 23.7 Å². The van der Waals surface area contributed by atoms with Crippen molar-refractivity contribution in [1.29, 1.82) is 0 Å². The molecule has 1 atom stereocenters. The van der Waals surface area contributed by atoms with Crippen molar-refractivity contribution in [1.82, 2.24) is 24.8 Å². The number of thiazole rings is 1. The van der Waals surface area contributed by atoms with E-state index < -0.39 is 17.7 Å². The second-order valence-electron chi connectivity index (χ2n) is 12.3. The molecule has 6 rings (SSSR count). The van der Waals surface area contributed by atoms with Gasteiger partial charge in [-0.15, -0.1) is 11.3 Å². The van der Waals surface area contributed by atoms with Crippen LogP contribution >= 0.6 is 22.9 Å². The topological polar surface area (TPSA) is 105 Å². The third-order valence-electron chi connectivity index (χ3n) is 7.75. The Morgan fingerprint density at radius 2 is 1.67 bits per heavy atom. The number of benzene rings is 2. The number of aliphatic carboxylic acids is 1. The van der Waals surface area contributed by atoms with Gasteiger partial charge in [0.1, 0.15) is 5.01 Å². The number of ether oxygens (including phenoxy) is 1. The summed E-state index contributed by atoms with van der Waals surface area (Å²) in [5.74, 6) is -0.322. The minimum atomic E-state index is -1.17. The zero-order chi connectivity index (χ0) is 31.9. The van der Waals surface area contributed by atoms with Gasteiger partial charge < -0.3 is 19.6 Å². The van der Waals surface area contributed by atoms with E-state index in [0.717, 1.165) is 80.9 Å². The fourth-order valence-corrected chi connectivity index (χ4v) is 6.75. The standard InChI is InChI=1S/C34H35ClN6O3S/c1-20-16-26-30(28(21-6-8-24(35)9-7-21)27(20)29(32(42)43)44-34(2,3)4)45-31(39-26)22-10-11-36-25(17-22)23-18-37-33(38-19-23)41-14-12-40(5)13-15-41/h6-11,16-19,29H,12-15H2,1-5H3,(H,42,43). The highest BCUT2D eigenvalue weighted by Gasteiger charge is 2.32. The van der Waals surface area contributed by atoms with Crippen LogP contribution in [0.15, 0.2) is 61.1 Å². The first-order valence-corrected chi connectivity index (χ1v) is 16.0. The molecule has 0 radical (unpaired) electrons. The van der Waals surface area contributed by atoms with Crippen LogP contribution in [0.25, 0.3) is 43.2 Å². The maximum absolute atomic E-state index is 12.6. The van der Waals surface area contributed by atoms with Crippen molar-refractivity contribution < 1.29 is 14.6 Å². The largest absolute Gasteiger partial charge is 0.479 e. The summed E-state index contributed by atoms with van der Waals surface area (Å²) in [5, 5.41) is 11.7. The molecule has 1 N–H and O–H groups in total. The minimum absolute atomic E-state index is 0.597. The molecule has 45 heavy (non-hydrogen) atoms. The lowest BCUT2D eigenvalue weighted by molar-refractivity contribution is -0.160. The number of hydrogen-bond acceptors (Lipinski definition) is 9. The maximum Gasteiger partial charge on any atom is 0.337 e. The number of likely N-dealkylation sites (N-methyl/N-ethyl adjacent to an activating group) is 1. The van der Waals surface area contributed by atoms with E-state index in [-0.39, 0.29) is 0 Å². The number of carboxylic acids is 1. The Bertz CT molecular complexity index is 1850. The summed E-state index contributed by atoms with van der Waals surface area (Å²) in [6, 6.07) is 13.3. The summed E-state index contributed by atoms with van der Waals surface area (Å²) < 4.78 is 7.01. The van der Waals surface area contributed by atoms with Crippen LogP contribution in [0.3, 0.4) is 0 Å². The molecule has 0 spiro atoms. The highest BCUT2D eigenvalue weighted by Crippen LogP contribution is 2.44. The van der Waals surface area contributed by atoms with E-state index in [1.54, 1.807) is 6.20 Å². The van der Waals surface area contributed by atoms with E-state index in [1.165, 1.54) is 11.3 Å². The molecule has 1 unspecified atom stereocenters. The number of aromatic nitrogens is 4. The average molecular weight is 643 g/mol. The van der Waals surface area contributed by atoms with E-state index in [4.69, 9.17) is 21.3 Å². The lowest BCUT2D eigenvalue weighted by atomic mass is 9.91. The predicted molar refractivity (Wildman–Crippen MR) is 180 cm³/mol. The van der Waals surface area contributed by atoms with Crippen molar-refractivity contribution >= 4 is 45.1 Å². The molecule has 0 bridgehead atoms. The molecule has 1 saturated heterocycles. The van der Waals surface area contributed by atoms with Crippen molar-refractivity contribution in [3.05, 3.63) is 77.2 Å². The van der Waals surface area contributed by atoms with Crippen molar-refractivity contribution in [2.75, 3.05) is 38.1 Å². The molecule has 1 aliphatic heterocycles. The van der Waals surface area contributed by atoms with Gasteiger partial charge in [0.25, 0.3) is 0 Å². The fraction of sp³-hybridized carbons (Fsp3) is 0.324. The van der Waals surface area contributed by atoms with Crippen molar-refractivity contribution in [3.63, 3.8) is 0 Å². The molecule has 0 amide bonds. The number of rotatable bonds is 7. The van der Waals surface area contributed by atoms with Crippen molar-refractivity contribution in [2.24, 2.45) is 0 Å². The summed E-state index contributed by atoms with van der Waals surface area (Å²) in [7, 11) is 2.12. The van der Waals surface area contributed by atoms with Gasteiger partial charge >= 0.3 is 5.97 Å². The molecule has 11 heteroatoms. The molecule has 232 valence electrons. The van der Waals surface area contributed by atoms with Crippen LogP contribution in [-0.4, -0.2) is 74.7 Å². The third kappa shape index (κ3) is 6.69. The van der Waals surface area contributed by atoms with Gasteiger partial charge in [-0.3, -0.25) is 4.98 Å². The molecule has 5 aromatic rings. The Labute approximate surface area is 271 Å². The quantitative estimate of drug-likeness (QED) is 0.198. The first-order chi connectivity index (χ1) is 21.5. The summed E-state index contributed by atoms with van der Waals surface area (Å²) in [6.07, 6.45) is 4.23. The monoisotopic (exact) mass is 642 g/mol. The number of hydrogen-bond donors (Lipinski definition) is 1. The Hall–Kier alpha value is -3.96. The molecule has 2 aromatic carbocycles. The van der Waals surface area contributed by atoms with E-state index in [2.05, 4.69) is 31.8 Å². The van der Waals surface area contributed by atoms with E-state index in [0.29, 0.717) is 10.6 Å². The summed E-state index contributed by atoms with van der Waals surface area (Å²) >= 11 is 7.75. The van der Waals surface area contributed by atoms with Gasteiger partial charge in [0, 0.05) is 72.0 Å². The number of anilines is 1. The number of halogens is 1. The molecule has 9 nitrogen and oxygen atoms in total. The molecule has 0 saturated carbocycles. The Morgan fingerprint density at radius 1 is 0.978 bits per heavy atom. The molecule has 4 heterocycles. The van der Waals surface area contributed by atoms with Gasteiger partial charge in [-0.2, -0.15) is 0 Å². The summed E-state index contributed by atoms with van der Waals surface area (Å²) in [5.41, 5.74) is 5.57. The lowest BCUT2D eigenvalue weighted by Gasteiger charge is -2.32. The zero-order valence-corrected chi connectivity index (χ0v) is 27.5. The highest BCUT2D eigenvalue weighted by atomic mass is 35.5. The minimum Gasteiger partial charge on any atom is -0.479 e. The first-order valence-electron chi connectivity index (χ1n) is 14.8. The summed E-state index contributed by atoms with van der Waals surface area (Å²) in [4.78, 5) is 36.0. The molecule has 1 aliphatic rings.